The van der Waals surface area contributed by atoms with Crippen LogP contribution in [0.4, 0.5) is 0 Å². The maximum Gasteiger partial charge on any atom is 0.226 e. The average Bonchev–Trinajstić information content (AvgIpc) is 2.98. The number of hydrogen-bond donors (Lipinski definition) is 0. The first kappa shape index (κ1) is 12.9. The first-order valence-electron chi connectivity index (χ1n) is 6.40. The van der Waals surface area contributed by atoms with Crippen LogP contribution in [-0.2, 0) is 14.6 Å². The SMILES string of the molecule is CC(C)CN(C(=O)C1CCS(=O)(=O)C1)C1CC1. The predicted molar refractivity (Wildman–Crippen MR) is 66.3 cm³/mol. The van der Waals surface area contributed by atoms with Gasteiger partial charge in [-0.05, 0) is 25.2 Å². The molecule has 98 valence electrons. The average molecular weight is 259 g/mol. The van der Waals surface area contributed by atoms with Gasteiger partial charge in [0.05, 0.1) is 17.4 Å². The number of nitrogens with zero attached hydrogens (tertiary/aromatic N) is 1. The van der Waals surface area contributed by atoms with Crippen molar-refractivity contribution < 1.29 is 13.2 Å². The van der Waals surface area contributed by atoms with Crippen LogP contribution in [0.2, 0.25) is 0 Å². The number of sulfone groups is 1. The molecule has 0 spiro atoms. The van der Waals surface area contributed by atoms with Crippen molar-refractivity contribution in [3.05, 3.63) is 0 Å². The van der Waals surface area contributed by atoms with E-state index in [1.165, 1.54) is 0 Å². The molecule has 0 aromatic carbocycles. The van der Waals surface area contributed by atoms with Gasteiger partial charge in [0.15, 0.2) is 9.84 Å². The van der Waals surface area contributed by atoms with E-state index in [1.54, 1.807) is 0 Å². The molecule has 0 bridgehead atoms. The van der Waals surface area contributed by atoms with Crippen molar-refractivity contribution in [2.75, 3.05) is 18.1 Å². The van der Waals surface area contributed by atoms with Gasteiger partial charge in [-0.2, -0.15) is 0 Å². The smallest absolute Gasteiger partial charge is 0.226 e. The van der Waals surface area contributed by atoms with Crippen molar-refractivity contribution in [3.8, 4) is 0 Å². The van der Waals surface area contributed by atoms with Gasteiger partial charge < -0.3 is 4.90 Å². The van der Waals surface area contributed by atoms with Crippen molar-refractivity contribution in [2.45, 2.75) is 39.2 Å². The molecule has 1 aliphatic heterocycles. The summed E-state index contributed by atoms with van der Waals surface area (Å²) in [5.41, 5.74) is 0. The fourth-order valence-corrected chi connectivity index (χ4v) is 4.16. The minimum absolute atomic E-state index is 0.0626. The van der Waals surface area contributed by atoms with Crippen LogP contribution in [0.15, 0.2) is 0 Å². The molecule has 0 aromatic heterocycles. The van der Waals surface area contributed by atoms with Gasteiger partial charge in [0.25, 0.3) is 0 Å². The third kappa shape index (κ3) is 3.21. The first-order chi connectivity index (χ1) is 7.89. The van der Waals surface area contributed by atoms with E-state index in [9.17, 15) is 13.2 Å². The summed E-state index contributed by atoms with van der Waals surface area (Å²) in [6, 6.07) is 0.383. The summed E-state index contributed by atoms with van der Waals surface area (Å²) in [6.45, 7) is 4.95. The molecule has 2 aliphatic rings. The lowest BCUT2D eigenvalue weighted by atomic mass is 10.1. The minimum Gasteiger partial charge on any atom is -0.339 e. The Hall–Kier alpha value is -0.580. The van der Waals surface area contributed by atoms with Crippen LogP contribution >= 0.6 is 0 Å². The maximum atomic E-state index is 12.3. The van der Waals surface area contributed by atoms with E-state index in [-0.39, 0.29) is 23.3 Å². The van der Waals surface area contributed by atoms with E-state index in [0.717, 1.165) is 19.4 Å². The second-order valence-corrected chi connectivity index (χ2v) is 7.94. The van der Waals surface area contributed by atoms with E-state index >= 15 is 0 Å². The van der Waals surface area contributed by atoms with Crippen LogP contribution in [-0.4, -0.2) is 43.3 Å². The van der Waals surface area contributed by atoms with Crippen molar-refractivity contribution in [3.63, 3.8) is 0 Å². The molecular weight excluding hydrogens is 238 g/mol. The van der Waals surface area contributed by atoms with Crippen molar-refractivity contribution in [1.29, 1.82) is 0 Å². The van der Waals surface area contributed by atoms with E-state index < -0.39 is 9.84 Å². The summed E-state index contributed by atoms with van der Waals surface area (Å²) < 4.78 is 22.8. The van der Waals surface area contributed by atoms with Gasteiger partial charge in [0.2, 0.25) is 5.91 Å². The molecule has 0 aromatic rings. The van der Waals surface area contributed by atoms with Gasteiger partial charge in [-0.3, -0.25) is 4.79 Å². The molecule has 1 amide bonds. The Morgan fingerprint density at radius 1 is 1.29 bits per heavy atom. The highest BCUT2D eigenvalue weighted by atomic mass is 32.2. The van der Waals surface area contributed by atoms with Crippen molar-refractivity contribution in [2.24, 2.45) is 11.8 Å². The Bertz CT molecular complexity index is 398. The molecule has 0 N–H and O–H groups in total. The lowest BCUT2D eigenvalue weighted by molar-refractivity contribution is -0.135. The zero-order chi connectivity index (χ0) is 12.6. The van der Waals surface area contributed by atoms with Crippen molar-refractivity contribution >= 4 is 15.7 Å². The lowest BCUT2D eigenvalue weighted by Crippen LogP contribution is -2.40. The fourth-order valence-electron chi connectivity index (χ4n) is 2.42. The summed E-state index contributed by atoms with van der Waals surface area (Å²) in [5.74, 6) is 0.482. The molecule has 2 rings (SSSR count). The van der Waals surface area contributed by atoms with Crippen LogP contribution in [0, 0.1) is 11.8 Å². The lowest BCUT2D eigenvalue weighted by Gasteiger charge is -2.26. The second-order valence-electron chi connectivity index (χ2n) is 5.72. The minimum atomic E-state index is -2.96. The molecule has 0 radical (unpaired) electrons. The summed E-state index contributed by atoms with van der Waals surface area (Å²) in [5, 5.41) is 0. The third-order valence-electron chi connectivity index (χ3n) is 3.41. The van der Waals surface area contributed by atoms with Gasteiger partial charge in [0, 0.05) is 12.6 Å². The van der Waals surface area contributed by atoms with Crippen molar-refractivity contribution in [1.82, 2.24) is 4.90 Å². The summed E-state index contributed by atoms with van der Waals surface area (Å²) >= 11 is 0. The number of amides is 1. The monoisotopic (exact) mass is 259 g/mol. The van der Waals surface area contributed by atoms with Crippen LogP contribution in [0.25, 0.3) is 0 Å². The maximum absolute atomic E-state index is 12.3. The molecular formula is C12H21NO3S. The van der Waals surface area contributed by atoms with Crippen LogP contribution in [0.3, 0.4) is 0 Å². The molecule has 17 heavy (non-hydrogen) atoms. The van der Waals surface area contributed by atoms with E-state index in [0.29, 0.717) is 18.4 Å². The molecule has 1 aliphatic carbocycles. The molecule has 4 nitrogen and oxygen atoms in total. The quantitative estimate of drug-likeness (QED) is 0.759. The Morgan fingerprint density at radius 2 is 1.94 bits per heavy atom. The summed E-state index contributed by atoms with van der Waals surface area (Å²) in [6.07, 6.45) is 2.68. The van der Waals surface area contributed by atoms with Gasteiger partial charge in [-0.15, -0.1) is 0 Å². The number of carbonyl (C=O) groups is 1. The first-order valence-corrected chi connectivity index (χ1v) is 8.22. The Balaban J connectivity index is 2.01. The fraction of sp³-hybridized carbons (Fsp3) is 0.917. The second kappa shape index (κ2) is 4.59. The highest BCUT2D eigenvalue weighted by Gasteiger charge is 2.40. The topological polar surface area (TPSA) is 54.5 Å². The molecule has 1 heterocycles. The van der Waals surface area contributed by atoms with Crippen LogP contribution in [0.5, 0.6) is 0 Å². The highest BCUT2D eigenvalue weighted by molar-refractivity contribution is 7.91. The molecule has 5 heteroatoms. The highest BCUT2D eigenvalue weighted by Crippen LogP contribution is 2.31. The van der Waals surface area contributed by atoms with E-state index in [4.69, 9.17) is 0 Å². The summed E-state index contributed by atoms with van der Waals surface area (Å²) in [7, 11) is -2.96. The normalized spacial score (nSPS) is 27.4. The Morgan fingerprint density at radius 3 is 2.35 bits per heavy atom. The largest absolute Gasteiger partial charge is 0.339 e. The summed E-state index contributed by atoms with van der Waals surface area (Å²) in [4.78, 5) is 14.2. The van der Waals surface area contributed by atoms with Crippen LogP contribution in [0.1, 0.15) is 33.1 Å². The van der Waals surface area contributed by atoms with Gasteiger partial charge in [-0.25, -0.2) is 8.42 Å². The Labute approximate surface area is 103 Å². The zero-order valence-electron chi connectivity index (χ0n) is 10.6. The third-order valence-corrected chi connectivity index (χ3v) is 5.18. The predicted octanol–water partition coefficient (Wildman–Crippen LogP) is 1.07. The van der Waals surface area contributed by atoms with E-state index in [1.807, 2.05) is 4.90 Å². The molecule has 1 unspecified atom stereocenters. The number of rotatable bonds is 4. The van der Waals surface area contributed by atoms with E-state index in [2.05, 4.69) is 13.8 Å². The van der Waals surface area contributed by atoms with Gasteiger partial charge in [0.1, 0.15) is 0 Å². The molecule has 2 fully saturated rings. The molecule has 1 saturated heterocycles. The Kier molecular flexibility index (Phi) is 3.48. The molecule has 1 atom stereocenters. The standard InChI is InChI=1S/C12H21NO3S/c1-9(2)7-13(11-3-4-11)12(14)10-5-6-17(15,16)8-10/h9-11H,3-8H2,1-2H3. The number of carbonyl (C=O) groups excluding carboxylic acids is 1. The van der Waals surface area contributed by atoms with Crippen LogP contribution < -0.4 is 0 Å². The van der Waals surface area contributed by atoms with Gasteiger partial charge in [-0.1, -0.05) is 13.8 Å². The molecule has 1 saturated carbocycles. The zero-order valence-corrected chi connectivity index (χ0v) is 11.4. The van der Waals surface area contributed by atoms with Gasteiger partial charge >= 0.3 is 0 Å². The number of hydrogen-bond acceptors (Lipinski definition) is 3.